The fourth-order valence-corrected chi connectivity index (χ4v) is 1.97. The van der Waals surface area contributed by atoms with Crippen LogP contribution in [0.5, 0.6) is 0 Å². The summed E-state index contributed by atoms with van der Waals surface area (Å²) in [5.41, 5.74) is 1.08. The second-order valence-electron chi connectivity index (χ2n) is 6.62. The monoisotopic (exact) mass is 262 g/mol. The minimum absolute atomic E-state index is 0.337. The second-order valence-corrected chi connectivity index (χ2v) is 6.62. The zero-order valence-electron chi connectivity index (χ0n) is 12.7. The van der Waals surface area contributed by atoms with E-state index >= 15 is 0 Å². The largest absolute Gasteiger partial charge is 0.516 e. The van der Waals surface area contributed by atoms with Gasteiger partial charge in [0.15, 0.2) is 0 Å². The number of hydrogen-bond donors (Lipinski definition) is 0. The smallest absolute Gasteiger partial charge is 0.398 e. The molecule has 0 aliphatic carbocycles. The van der Waals surface area contributed by atoms with Crippen LogP contribution in [0.4, 0.5) is 0 Å². The minimum Gasteiger partial charge on any atom is -0.398 e. The highest BCUT2D eigenvalue weighted by Gasteiger charge is 2.52. The van der Waals surface area contributed by atoms with Crippen molar-refractivity contribution in [3.8, 4) is 0 Å². The van der Waals surface area contributed by atoms with E-state index in [-0.39, 0.29) is 11.2 Å². The van der Waals surface area contributed by atoms with Crippen molar-refractivity contribution in [2.24, 2.45) is 5.92 Å². The van der Waals surface area contributed by atoms with E-state index in [1.165, 1.54) is 0 Å². The number of rotatable bonds is 3. The van der Waals surface area contributed by atoms with Crippen LogP contribution in [0.1, 0.15) is 47.2 Å². The SMILES string of the molecule is CC(C)Cc1cnc(B2OC(C)(C)C(C)(C)O2)cn1. The molecule has 1 aromatic heterocycles. The molecule has 0 radical (unpaired) electrons. The van der Waals surface area contributed by atoms with Gasteiger partial charge in [0.25, 0.3) is 0 Å². The van der Waals surface area contributed by atoms with Crippen LogP contribution >= 0.6 is 0 Å². The molecule has 0 amide bonds. The van der Waals surface area contributed by atoms with Crippen molar-refractivity contribution in [3.63, 3.8) is 0 Å². The first kappa shape index (κ1) is 14.5. The molecule has 2 heterocycles. The Morgan fingerprint density at radius 2 is 1.63 bits per heavy atom. The molecule has 4 nitrogen and oxygen atoms in total. The van der Waals surface area contributed by atoms with Crippen molar-refractivity contribution in [2.75, 3.05) is 0 Å². The first-order chi connectivity index (χ1) is 8.71. The first-order valence-electron chi connectivity index (χ1n) is 6.88. The lowest BCUT2D eigenvalue weighted by atomic mass is 9.85. The van der Waals surface area contributed by atoms with Crippen molar-refractivity contribution in [1.82, 2.24) is 9.97 Å². The zero-order chi connectivity index (χ0) is 14.3. The van der Waals surface area contributed by atoms with Gasteiger partial charge in [0.05, 0.1) is 22.5 Å². The average molecular weight is 262 g/mol. The maximum absolute atomic E-state index is 5.95. The van der Waals surface area contributed by atoms with E-state index in [9.17, 15) is 0 Å². The Bertz CT molecular complexity index is 427. The molecule has 0 bridgehead atoms. The van der Waals surface area contributed by atoms with Crippen molar-refractivity contribution >= 4 is 12.7 Å². The molecular formula is C14H23BN2O2. The van der Waals surface area contributed by atoms with Gasteiger partial charge < -0.3 is 9.31 Å². The molecule has 1 aliphatic heterocycles. The maximum Gasteiger partial charge on any atom is 0.516 e. The lowest BCUT2D eigenvalue weighted by Gasteiger charge is -2.32. The Hall–Kier alpha value is -0.935. The Morgan fingerprint density at radius 3 is 2.05 bits per heavy atom. The standard InChI is InChI=1S/C14H23BN2O2/c1-10(2)7-11-8-17-12(9-16-11)15-18-13(3,4)14(5,6)19-15/h8-10H,7H2,1-6H3. The van der Waals surface area contributed by atoms with E-state index in [0.29, 0.717) is 5.92 Å². The van der Waals surface area contributed by atoms with Gasteiger partial charge in [-0.25, -0.2) is 0 Å². The van der Waals surface area contributed by atoms with Crippen LogP contribution in [0.15, 0.2) is 12.4 Å². The van der Waals surface area contributed by atoms with Crippen LogP contribution in [0, 0.1) is 5.92 Å². The summed E-state index contributed by atoms with van der Waals surface area (Å²) < 4.78 is 11.9. The number of nitrogens with zero attached hydrogens (tertiary/aromatic N) is 2. The van der Waals surface area contributed by atoms with Gasteiger partial charge in [-0.05, 0) is 40.0 Å². The summed E-state index contributed by atoms with van der Waals surface area (Å²) in [5.74, 6) is 0.581. The van der Waals surface area contributed by atoms with E-state index in [1.807, 2.05) is 33.9 Å². The molecule has 0 N–H and O–H groups in total. The Balaban J connectivity index is 2.12. The van der Waals surface area contributed by atoms with Gasteiger partial charge >= 0.3 is 7.12 Å². The summed E-state index contributed by atoms with van der Waals surface area (Å²) in [4.78, 5) is 8.87. The van der Waals surface area contributed by atoms with Crippen LogP contribution in [0.3, 0.4) is 0 Å². The van der Waals surface area contributed by atoms with Crippen molar-refractivity contribution < 1.29 is 9.31 Å². The van der Waals surface area contributed by atoms with Crippen LogP contribution in [0.2, 0.25) is 0 Å². The molecule has 19 heavy (non-hydrogen) atoms. The fraction of sp³-hybridized carbons (Fsp3) is 0.714. The van der Waals surface area contributed by atoms with E-state index in [0.717, 1.165) is 17.7 Å². The van der Waals surface area contributed by atoms with Crippen LogP contribution in [0.25, 0.3) is 0 Å². The molecule has 5 heteroatoms. The van der Waals surface area contributed by atoms with E-state index in [4.69, 9.17) is 9.31 Å². The molecule has 0 atom stereocenters. The fourth-order valence-electron chi connectivity index (χ4n) is 1.97. The third-order valence-corrected chi connectivity index (χ3v) is 3.84. The number of aromatic nitrogens is 2. The molecule has 104 valence electrons. The molecular weight excluding hydrogens is 239 g/mol. The van der Waals surface area contributed by atoms with Gasteiger partial charge in [0.2, 0.25) is 0 Å². The Morgan fingerprint density at radius 1 is 1.05 bits per heavy atom. The summed E-state index contributed by atoms with van der Waals surface area (Å²) in [6.45, 7) is 12.5. The van der Waals surface area contributed by atoms with E-state index in [1.54, 1.807) is 6.20 Å². The zero-order valence-corrected chi connectivity index (χ0v) is 12.7. The predicted molar refractivity (Wildman–Crippen MR) is 76.3 cm³/mol. The normalized spacial score (nSPS) is 21.1. The van der Waals surface area contributed by atoms with Gasteiger partial charge in [-0.2, -0.15) is 0 Å². The van der Waals surface area contributed by atoms with Gasteiger partial charge in [0, 0.05) is 12.4 Å². The van der Waals surface area contributed by atoms with Crippen LogP contribution in [-0.2, 0) is 15.7 Å². The summed E-state index contributed by atoms with van der Waals surface area (Å²) >= 11 is 0. The molecule has 1 aromatic rings. The molecule has 2 rings (SSSR count). The Kier molecular flexibility index (Phi) is 3.71. The Labute approximate surface area is 116 Å². The van der Waals surface area contributed by atoms with Gasteiger partial charge in [-0.3, -0.25) is 9.97 Å². The highest BCUT2D eigenvalue weighted by atomic mass is 16.7. The highest BCUT2D eigenvalue weighted by Crippen LogP contribution is 2.36. The lowest BCUT2D eigenvalue weighted by molar-refractivity contribution is 0.00578. The molecule has 0 aromatic carbocycles. The van der Waals surface area contributed by atoms with Crippen molar-refractivity contribution in [2.45, 2.75) is 59.2 Å². The summed E-state index contributed by atoms with van der Waals surface area (Å²) in [5, 5.41) is 0. The molecule has 1 saturated heterocycles. The van der Waals surface area contributed by atoms with Crippen LogP contribution in [-0.4, -0.2) is 28.3 Å². The van der Waals surface area contributed by atoms with E-state index in [2.05, 4.69) is 23.8 Å². The summed E-state index contributed by atoms with van der Waals surface area (Å²) in [6.07, 6.45) is 4.52. The minimum atomic E-state index is -0.425. The quantitative estimate of drug-likeness (QED) is 0.781. The highest BCUT2D eigenvalue weighted by molar-refractivity contribution is 6.61. The third-order valence-electron chi connectivity index (χ3n) is 3.84. The van der Waals surface area contributed by atoms with Gasteiger partial charge in [-0.1, -0.05) is 13.8 Å². The molecule has 1 fully saturated rings. The molecule has 0 spiro atoms. The summed E-state index contributed by atoms with van der Waals surface area (Å²) in [6, 6.07) is 0. The van der Waals surface area contributed by atoms with E-state index < -0.39 is 7.12 Å². The second kappa shape index (κ2) is 4.87. The van der Waals surface area contributed by atoms with Gasteiger partial charge in [-0.15, -0.1) is 0 Å². The van der Waals surface area contributed by atoms with Crippen molar-refractivity contribution in [3.05, 3.63) is 18.1 Å². The number of hydrogen-bond acceptors (Lipinski definition) is 4. The molecule has 0 unspecified atom stereocenters. The molecule has 1 aliphatic rings. The third kappa shape index (κ3) is 2.98. The summed E-state index contributed by atoms with van der Waals surface area (Å²) in [7, 11) is -0.425. The predicted octanol–water partition coefficient (Wildman–Crippen LogP) is 1.97. The maximum atomic E-state index is 5.95. The van der Waals surface area contributed by atoms with Gasteiger partial charge in [0.1, 0.15) is 0 Å². The first-order valence-corrected chi connectivity index (χ1v) is 6.88. The van der Waals surface area contributed by atoms with Crippen molar-refractivity contribution in [1.29, 1.82) is 0 Å². The topological polar surface area (TPSA) is 44.2 Å². The molecule has 0 saturated carbocycles. The lowest BCUT2D eigenvalue weighted by Crippen LogP contribution is -2.41. The van der Waals surface area contributed by atoms with Crippen LogP contribution < -0.4 is 5.59 Å². The average Bonchev–Trinajstić information content (AvgIpc) is 2.48.